The van der Waals surface area contributed by atoms with E-state index in [-0.39, 0.29) is 30.9 Å². The second-order valence-electron chi connectivity index (χ2n) is 20.3. The number of ether oxygens (including phenoxy) is 1. The van der Waals surface area contributed by atoms with Gasteiger partial charge in [0.25, 0.3) is 5.91 Å². The number of rotatable bonds is 23. The maximum absolute atomic E-state index is 13.9. The number of nitrogens with two attached hydrogens (primary N) is 1. The van der Waals surface area contributed by atoms with Crippen molar-refractivity contribution in [1.82, 2.24) is 31.9 Å². The minimum Gasteiger partial charge on any atom is -0.444 e. The van der Waals surface area contributed by atoms with Gasteiger partial charge in [-0.1, -0.05) is 75.7 Å². The molecule has 0 aromatic heterocycles. The lowest BCUT2D eigenvalue weighted by Gasteiger charge is -2.64. The molecule has 2 bridgehead atoms. The van der Waals surface area contributed by atoms with Crippen LogP contribution in [0.5, 0.6) is 0 Å². The van der Waals surface area contributed by atoms with E-state index in [0.29, 0.717) is 37.8 Å². The first-order chi connectivity index (χ1) is 31.1. The molecule has 1 aliphatic heterocycles. The van der Waals surface area contributed by atoms with Crippen LogP contribution in [0.1, 0.15) is 125 Å². The number of benzene rings is 2. The van der Waals surface area contributed by atoms with Crippen LogP contribution in [0.3, 0.4) is 0 Å². The first-order valence-corrected chi connectivity index (χ1v) is 23.9. The molecule has 3 saturated carbocycles. The summed E-state index contributed by atoms with van der Waals surface area (Å²) in [4.78, 5) is 65.7. The monoisotopic (exact) mass is 918 g/mol. The second kappa shape index (κ2) is 23.0. The number of amides is 5. The summed E-state index contributed by atoms with van der Waals surface area (Å²) in [7, 11) is -0.694. The predicted octanol–water partition coefficient (Wildman–Crippen LogP) is 4.39. The summed E-state index contributed by atoms with van der Waals surface area (Å²) in [6, 6.07) is 14.4. The molecule has 4 aliphatic rings. The van der Waals surface area contributed by atoms with Gasteiger partial charge in [-0.2, -0.15) is 0 Å². The fraction of sp³-hybridized carbons (Fsp3) is 0.653. The number of carbonyl (C=O) groups excluding carboxylic acids is 5. The van der Waals surface area contributed by atoms with Crippen LogP contribution in [0, 0.1) is 17.3 Å². The third kappa shape index (κ3) is 14.0. The van der Waals surface area contributed by atoms with E-state index in [2.05, 4.69) is 96.0 Å². The smallest absolute Gasteiger partial charge is 0.444 e. The largest absolute Gasteiger partial charge is 0.481 e. The number of carbonyl (C=O) groups is 5. The van der Waals surface area contributed by atoms with Crippen molar-refractivity contribution in [3.05, 3.63) is 59.7 Å². The Morgan fingerprint density at radius 1 is 0.848 bits per heavy atom. The molecule has 4 fully saturated rings. The third-order valence-electron chi connectivity index (χ3n) is 13.5. The van der Waals surface area contributed by atoms with Gasteiger partial charge in [-0.05, 0) is 126 Å². The Balaban J connectivity index is 1.09. The van der Waals surface area contributed by atoms with Crippen molar-refractivity contribution in [3.63, 3.8) is 0 Å². The Kier molecular flexibility index (Phi) is 18.2. The molecule has 6 rings (SSSR count). The summed E-state index contributed by atoms with van der Waals surface area (Å²) in [6.07, 6.45) is 2.88. The molecule has 9 N–H and O–H groups in total. The van der Waals surface area contributed by atoms with Crippen LogP contribution >= 0.6 is 0 Å². The summed E-state index contributed by atoms with van der Waals surface area (Å²) < 4.78 is 18.2. The maximum atomic E-state index is 13.9. The molecule has 16 nitrogen and oxygen atoms in total. The number of nitrogens with one attached hydrogen (secondary N) is 6. The zero-order valence-electron chi connectivity index (χ0n) is 40.6. The van der Waals surface area contributed by atoms with Gasteiger partial charge >= 0.3 is 13.2 Å². The molecule has 1 saturated heterocycles. The summed E-state index contributed by atoms with van der Waals surface area (Å²) >= 11 is 0. The van der Waals surface area contributed by atoms with Gasteiger partial charge in [0.15, 0.2) is 6.17 Å². The van der Waals surface area contributed by atoms with Gasteiger partial charge in [-0.3, -0.25) is 19.2 Å². The Hall–Kier alpha value is -4.55. The maximum Gasteiger partial charge on any atom is 0.481 e. The highest BCUT2D eigenvalue weighted by atomic mass is 16.7. The van der Waals surface area contributed by atoms with Gasteiger partial charge in [0, 0.05) is 26.1 Å². The van der Waals surface area contributed by atoms with E-state index in [1.165, 1.54) is 25.3 Å². The zero-order chi connectivity index (χ0) is 48.4. The van der Waals surface area contributed by atoms with Crippen LogP contribution in [-0.2, 0) is 46.2 Å². The molecular formula is C49H76BN7O9. The summed E-state index contributed by atoms with van der Waals surface area (Å²) in [5.74, 6) is -2.40. The Labute approximate surface area is 391 Å². The minimum atomic E-state index is -1.63. The number of hydrogen-bond acceptors (Lipinski definition) is 11. The summed E-state index contributed by atoms with van der Waals surface area (Å²) in [5, 5.41) is 26.9. The molecule has 17 heteroatoms. The third-order valence-corrected chi connectivity index (χ3v) is 13.5. The zero-order valence-corrected chi connectivity index (χ0v) is 40.6. The van der Waals surface area contributed by atoms with Crippen LogP contribution in [0.15, 0.2) is 48.5 Å². The van der Waals surface area contributed by atoms with Gasteiger partial charge in [0.2, 0.25) is 17.7 Å². The van der Waals surface area contributed by atoms with Crippen LogP contribution in [0.2, 0.25) is 0 Å². The van der Waals surface area contributed by atoms with Crippen LogP contribution in [0.4, 0.5) is 4.79 Å². The van der Waals surface area contributed by atoms with Gasteiger partial charge in [-0.25, -0.2) is 4.79 Å². The molecule has 2 aromatic rings. The molecule has 0 spiro atoms. The van der Waals surface area contributed by atoms with E-state index in [1.54, 1.807) is 27.7 Å². The molecule has 3 aliphatic carbocycles. The molecule has 66 heavy (non-hydrogen) atoms. The van der Waals surface area contributed by atoms with Crippen molar-refractivity contribution in [2.75, 3.05) is 13.1 Å². The summed E-state index contributed by atoms with van der Waals surface area (Å²) in [6.45, 7) is 18.4. The van der Waals surface area contributed by atoms with E-state index in [9.17, 15) is 29.1 Å². The molecule has 2 aromatic carbocycles. The first-order valence-electron chi connectivity index (χ1n) is 23.9. The Morgan fingerprint density at radius 2 is 1.50 bits per heavy atom. The van der Waals surface area contributed by atoms with Gasteiger partial charge in [-0.15, -0.1) is 0 Å². The van der Waals surface area contributed by atoms with E-state index in [0.717, 1.165) is 36.0 Å². The fourth-order valence-corrected chi connectivity index (χ4v) is 9.47. The molecule has 1 heterocycles. The standard InChI is InChI=1S/C49H76BN7O9/c1-10-11-14-32-16-20-34(21-17-32)35-22-18-33(19-23-35)29-52-26-24-40(59)56-41(30(2)58)44(61)57-42(51)45(62)55-37(15-12-13-25-53-46(63)64-47(4,5)6)43(60)54-31(3)50-65-39-28-36-27-38(48(36,7)8)49(39,9)66-50/h16-23,30-31,36-39,41-42,52,58H,10-15,24-29,51H2,1-9H3,(H,53,63)(H,54,60)(H,55,62)(H,56,59)(H,57,61)/t30-,31+,36+,37+,38+,39?,41+,42-,49+/m1/s1. The first kappa shape index (κ1) is 52.4. The van der Waals surface area contributed by atoms with Crippen LogP contribution in [-0.4, -0.2) is 103 Å². The average molecular weight is 918 g/mol. The lowest BCUT2D eigenvalue weighted by Crippen LogP contribution is -2.65. The van der Waals surface area contributed by atoms with Gasteiger partial charge < -0.3 is 56.8 Å². The van der Waals surface area contributed by atoms with E-state index in [4.69, 9.17) is 19.8 Å². The van der Waals surface area contributed by atoms with E-state index in [1.807, 2.05) is 12.1 Å². The molecule has 5 amide bonds. The van der Waals surface area contributed by atoms with Crippen molar-refractivity contribution in [1.29, 1.82) is 0 Å². The quantitative estimate of drug-likeness (QED) is 0.0443. The van der Waals surface area contributed by atoms with E-state index < -0.39 is 78.3 Å². The minimum absolute atomic E-state index is 0.0178. The van der Waals surface area contributed by atoms with Crippen molar-refractivity contribution in [2.24, 2.45) is 23.0 Å². The van der Waals surface area contributed by atoms with Crippen LogP contribution < -0.4 is 37.6 Å². The Bertz CT molecular complexity index is 1960. The number of hydrogen-bond donors (Lipinski definition) is 8. The van der Waals surface area contributed by atoms with Crippen LogP contribution in [0.25, 0.3) is 11.1 Å². The molecule has 0 radical (unpaired) electrons. The number of aliphatic hydroxyl groups excluding tert-OH is 1. The average Bonchev–Trinajstić information content (AvgIpc) is 3.63. The van der Waals surface area contributed by atoms with Crippen molar-refractivity contribution in [3.8, 4) is 11.1 Å². The highest BCUT2D eigenvalue weighted by Crippen LogP contribution is 2.65. The van der Waals surface area contributed by atoms with Crippen molar-refractivity contribution < 1.29 is 43.1 Å². The topological polar surface area (TPSA) is 231 Å². The second-order valence-corrected chi connectivity index (χ2v) is 20.3. The van der Waals surface area contributed by atoms with Crippen molar-refractivity contribution in [2.45, 2.75) is 174 Å². The highest BCUT2D eigenvalue weighted by molar-refractivity contribution is 6.47. The molecule has 9 atom stereocenters. The van der Waals surface area contributed by atoms with E-state index >= 15 is 0 Å². The lowest BCUT2D eigenvalue weighted by molar-refractivity contribution is -0.199. The summed E-state index contributed by atoms with van der Waals surface area (Å²) in [5.41, 5.74) is 9.81. The highest BCUT2D eigenvalue weighted by Gasteiger charge is 2.68. The fourth-order valence-electron chi connectivity index (χ4n) is 9.47. The SMILES string of the molecule is CCCCc1ccc(-c2ccc(CNCCC(=O)N[C@H](C(=O)N[C@@H](N)C(=O)N[C@@H](CCCCNC(=O)OC(C)(C)C)C(=O)N[C@@H](C)B3OC4C[C@@H]5C[C@@H](C5(C)C)[C@]4(C)O3)[C@@H](C)O)cc2)cc1. The molecule has 1 unspecified atom stereocenters. The van der Waals surface area contributed by atoms with Gasteiger partial charge in [0.1, 0.15) is 17.7 Å². The lowest BCUT2D eigenvalue weighted by atomic mass is 9.43. The van der Waals surface area contributed by atoms with Crippen molar-refractivity contribution >= 4 is 36.8 Å². The Morgan fingerprint density at radius 3 is 2.11 bits per heavy atom. The normalized spacial score (nSPS) is 22.9. The number of aliphatic hydroxyl groups is 1. The molecular weight excluding hydrogens is 841 g/mol. The number of unbranched alkanes of at least 4 members (excludes halogenated alkanes) is 2. The number of alkyl carbamates (subject to hydrolysis) is 1. The number of aryl methyl sites for hydroxylation is 1. The van der Waals surface area contributed by atoms with Gasteiger partial charge in [0.05, 0.1) is 23.8 Å². The molecule has 364 valence electrons. The predicted molar refractivity (Wildman–Crippen MR) is 254 cm³/mol.